The maximum atomic E-state index is 4.63. The van der Waals surface area contributed by atoms with Crippen LogP contribution in [-0.2, 0) is 0 Å². The molecule has 2 unspecified atom stereocenters. The van der Waals surface area contributed by atoms with E-state index in [9.17, 15) is 0 Å². The predicted molar refractivity (Wildman–Crippen MR) is 82.7 cm³/mol. The van der Waals surface area contributed by atoms with Gasteiger partial charge in [-0.05, 0) is 31.5 Å². The summed E-state index contributed by atoms with van der Waals surface area (Å²) in [7, 11) is 2.20. The highest BCUT2D eigenvalue weighted by molar-refractivity contribution is 8.14. The van der Waals surface area contributed by atoms with E-state index in [0.29, 0.717) is 5.25 Å². The highest BCUT2D eigenvalue weighted by Crippen LogP contribution is 2.34. The third kappa shape index (κ3) is 3.31. The highest BCUT2D eigenvalue weighted by Gasteiger charge is 2.23. The van der Waals surface area contributed by atoms with E-state index in [0.717, 1.165) is 24.2 Å². The molecule has 0 radical (unpaired) electrons. The summed E-state index contributed by atoms with van der Waals surface area (Å²) in [6, 6.07) is 10.7. The second kappa shape index (κ2) is 5.97. The fraction of sp³-hybridized carbons (Fsp3) is 0.533. The fourth-order valence-corrected chi connectivity index (χ4v) is 3.77. The van der Waals surface area contributed by atoms with Crippen molar-refractivity contribution in [1.82, 2.24) is 10.2 Å². The molecule has 3 nitrogen and oxygen atoms in total. The number of likely N-dealkylation sites (tertiary alicyclic amines) is 1. The van der Waals surface area contributed by atoms with Gasteiger partial charge in [0.1, 0.15) is 0 Å². The van der Waals surface area contributed by atoms with Crippen LogP contribution in [0.5, 0.6) is 0 Å². The molecule has 0 saturated carbocycles. The molecule has 1 aromatic rings. The first-order valence-corrected chi connectivity index (χ1v) is 7.87. The Morgan fingerprint density at radius 2 is 2.21 bits per heavy atom. The summed E-state index contributed by atoms with van der Waals surface area (Å²) in [5.74, 6) is 0.782. The van der Waals surface area contributed by atoms with Crippen molar-refractivity contribution in [2.75, 3.05) is 33.2 Å². The summed E-state index contributed by atoms with van der Waals surface area (Å²) in [4.78, 5) is 7.03. The van der Waals surface area contributed by atoms with Gasteiger partial charge < -0.3 is 10.2 Å². The van der Waals surface area contributed by atoms with Gasteiger partial charge in [-0.25, -0.2) is 0 Å². The molecule has 3 rings (SSSR count). The van der Waals surface area contributed by atoms with Crippen molar-refractivity contribution < 1.29 is 0 Å². The Labute approximate surface area is 119 Å². The van der Waals surface area contributed by atoms with Crippen LogP contribution in [0.2, 0.25) is 0 Å². The molecular formula is C15H21N3S. The minimum Gasteiger partial charge on any atom is -0.365 e. The molecule has 1 aromatic carbocycles. The second-order valence-electron chi connectivity index (χ2n) is 5.46. The summed E-state index contributed by atoms with van der Waals surface area (Å²) in [6.07, 6.45) is 1.31. The summed E-state index contributed by atoms with van der Waals surface area (Å²) in [5.41, 5.74) is 1.38. The van der Waals surface area contributed by atoms with Crippen LogP contribution in [0.4, 0.5) is 0 Å². The number of hydrogen-bond acceptors (Lipinski definition) is 4. The Morgan fingerprint density at radius 3 is 2.95 bits per heavy atom. The topological polar surface area (TPSA) is 27.6 Å². The standard InChI is InChI=1S/C15H21N3S/c1-18-8-7-12(11-18)9-16-15-17-10-14(19-15)13-5-3-2-4-6-13/h2-6,12,14H,7-11H2,1H3,(H,16,17). The average molecular weight is 275 g/mol. The van der Waals surface area contributed by atoms with Crippen molar-refractivity contribution in [3.05, 3.63) is 35.9 Å². The molecule has 2 atom stereocenters. The van der Waals surface area contributed by atoms with Gasteiger partial charge in [0.2, 0.25) is 0 Å². The molecule has 0 spiro atoms. The summed E-state index contributed by atoms with van der Waals surface area (Å²) >= 11 is 1.87. The molecular weight excluding hydrogens is 254 g/mol. The molecule has 19 heavy (non-hydrogen) atoms. The zero-order chi connectivity index (χ0) is 13.1. The molecule has 1 saturated heterocycles. The van der Waals surface area contributed by atoms with Crippen molar-refractivity contribution in [3.8, 4) is 0 Å². The Balaban J connectivity index is 1.47. The van der Waals surface area contributed by atoms with Crippen molar-refractivity contribution in [3.63, 3.8) is 0 Å². The molecule has 0 aliphatic carbocycles. The smallest absolute Gasteiger partial charge is 0.157 e. The lowest BCUT2D eigenvalue weighted by Crippen LogP contribution is -2.28. The third-order valence-corrected chi connectivity index (χ3v) is 5.06. The van der Waals surface area contributed by atoms with Crippen LogP contribution in [0.15, 0.2) is 35.3 Å². The summed E-state index contributed by atoms with van der Waals surface area (Å²) < 4.78 is 0. The van der Waals surface area contributed by atoms with Crippen LogP contribution < -0.4 is 5.32 Å². The second-order valence-corrected chi connectivity index (χ2v) is 6.65. The largest absolute Gasteiger partial charge is 0.365 e. The van der Waals surface area contributed by atoms with Crippen molar-refractivity contribution in [2.45, 2.75) is 11.7 Å². The lowest BCUT2D eigenvalue weighted by atomic mass is 10.1. The van der Waals surface area contributed by atoms with Gasteiger partial charge in [0, 0.05) is 13.1 Å². The van der Waals surface area contributed by atoms with E-state index in [4.69, 9.17) is 0 Å². The van der Waals surface area contributed by atoms with Gasteiger partial charge in [-0.3, -0.25) is 4.99 Å². The van der Waals surface area contributed by atoms with Crippen LogP contribution in [0.1, 0.15) is 17.2 Å². The minimum absolute atomic E-state index is 0.495. The first-order valence-electron chi connectivity index (χ1n) is 7.00. The summed E-state index contributed by atoms with van der Waals surface area (Å²) in [5, 5.41) is 5.15. The van der Waals surface area contributed by atoms with Gasteiger partial charge >= 0.3 is 0 Å². The SMILES string of the molecule is CN1CCC(CNC2=NCC(c3ccccc3)S2)C1. The number of aliphatic imine (C=N–C) groups is 1. The quantitative estimate of drug-likeness (QED) is 0.918. The normalized spacial score (nSPS) is 27.5. The third-order valence-electron chi connectivity index (χ3n) is 3.86. The fourth-order valence-electron chi connectivity index (χ4n) is 2.74. The van der Waals surface area contributed by atoms with E-state index >= 15 is 0 Å². The predicted octanol–water partition coefficient (Wildman–Crippen LogP) is 2.37. The maximum absolute atomic E-state index is 4.63. The molecule has 0 amide bonds. The molecule has 102 valence electrons. The van der Waals surface area contributed by atoms with E-state index < -0.39 is 0 Å². The van der Waals surface area contributed by atoms with Crippen molar-refractivity contribution >= 4 is 16.9 Å². The van der Waals surface area contributed by atoms with Crippen LogP contribution in [0.25, 0.3) is 0 Å². The molecule has 1 N–H and O–H groups in total. The molecule has 0 aromatic heterocycles. The van der Waals surface area contributed by atoms with E-state index in [1.165, 1.54) is 25.1 Å². The number of hydrogen-bond donors (Lipinski definition) is 1. The number of rotatable bonds is 3. The Morgan fingerprint density at radius 1 is 1.37 bits per heavy atom. The van der Waals surface area contributed by atoms with E-state index in [1.54, 1.807) is 0 Å². The van der Waals surface area contributed by atoms with E-state index in [2.05, 4.69) is 52.6 Å². The molecule has 0 bridgehead atoms. The number of nitrogens with one attached hydrogen (secondary N) is 1. The Kier molecular flexibility index (Phi) is 4.09. The molecule has 2 aliphatic rings. The van der Waals surface area contributed by atoms with Crippen LogP contribution in [0.3, 0.4) is 0 Å². The zero-order valence-corrected chi connectivity index (χ0v) is 12.2. The van der Waals surface area contributed by atoms with Crippen molar-refractivity contribution in [1.29, 1.82) is 0 Å². The lowest BCUT2D eigenvalue weighted by Gasteiger charge is -2.13. The van der Waals surface area contributed by atoms with Crippen LogP contribution >= 0.6 is 11.8 Å². The number of thioether (sulfide) groups is 1. The molecule has 1 fully saturated rings. The van der Waals surface area contributed by atoms with Crippen LogP contribution in [-0.4, -0.2) is 43.3 Å². The van der Waals surface area contributed by atoms with Gasteiger partial charge in [0.15, 0.2) is 5.17 Å². The molecule has 2 aliphatic heterocycles. The Hall–Kier alpha value is -1.00. The first kappa shape index (κ1) is 13.0. The number of amidine groups is 1. The average Bonchev–Trinajstić information content (AvgIpc) is 3.06. The number of benzene rings is 1. The van der Waals surface area contributed by atoms with Gasteiger partial charge in [-0.2, -0.15) is 0 Å². The summed E-state index contributed by atoms with van der Waals surface area (Å²) in [6.45, 7) is 4.42. The first-order chi connectivity index (χ1) is 9.31. The molecule has 4 heteroatoms. The number of nitrogens with zero attached hydrogens (tertiary/aromatic N) is 2. The van der Waals surface area contributed by atoms with E-state index in [1.807, 2.05) is 11.8 Å². The minimum atomic E-state index is 0.495. The van der Waals surface area contributed by atoms with Gasteiger partial charge in [0.05, 0.1) is 11.8 Å². The van der Waals surface area contributed by atoms with Crippen molar-refractivity contribution in [2.24, 2.45) is 10.9 Å². The zero-order valence-electron chi connectivity index (χ0n) is 11.4. The maximum Gasteiger partial charge on any atom is 0.157 e. The van der Waals surface area contributed by atoms with Crippen LogP contribution in [0, 0.1) is 5.92 Å². The van der Waals surface area contributed by atoms with Gasteiger partial charge in [-0.15, -0.1) is 0 Å². The van der Waals surface area contributed by atoms with Gasteiger partial charge in [-0.1, -0.05) is 42.1 Å². The Bertz CT molecular complexity index is 446. The van der Waals surface area contributed by atoms with E-state index in [-0.39, 0.29) is 0 Å². The molecule has 2 heterocycles. The van der Waals surface area contributed by atoms with Gasteiger partial charge in [0.25, 0.3) is 0 Å². The highest BCUT2D eigenvalue weighted by atomic mass is 32.2. The lowest BCUT2D eigenvalue weighted by molar-refractivity contribution is 0.394. The monoisotopic (exact) mass is 275 g/mol.